The summed E-state index contributed by atoms with van der Waals surface area (Å²) in [7, 11) is 1.79. The maximum Gasteiger partial charge on any atom is 0.145 e. The van der Waals surface area contributed by atoms with Gasteiger partial charge < -0.3 is 0 Å². The number of nitrogens with one attached hydrogen (secondary N) is 1. The van der Waals surface area contributed by atoms with Crippen LogP contribution in [0.2, 0.25) is 5.02 Å². The minimum atomic E-state index is -0.399. The predicted octanol–water partition coefficient (Wildman–Crippen LogP) is 1.22. The van der Waals surface area contributed by atoms with Crippen molar-refractivity contribution in [2.45, 2.75) is 18.9 Å². The summed E-state index contributed by atoms with van der Waals surface area (Å²) in [4.78, 5) is 0. The topological polar surface area (TPSA) is 68.8 Å². The predicted molar refractivity (Wildman–Crippen MR) is 70.9 cm³/mol. The second-order valence-corrected chi connectivity index (χ2v) is 4.78. The van der Waals surface area contributed by atoms with Gasteiger partial charge in [0.25, 0.3) is 0 Å². The van der Waals surface area contributed by atoms with Crippen molar-refractivity contribution in [1.82, 2.24) is 20.4 Å². The van der Waals surface area contributed by atoms with Crippen LogP contribution in [0, 0.1) is 5.82 Å². The van der Waals surface area contributed by atoms with Crippen LogP contribution in [0.4, 0.5) is 4.39 Å². The fraction of sp³-hybridized carbons (Fsp3) is 0.333. The third-order valence-corrected chi connectivity index (χ3v) is 3.13. The van der Waals surface area contributed by atoms with Crippen molar-refractivity contribution in [2.24, 2.45) is 12.9 Å². The Labute approximate surface area is 115 Å². The van der Waals surface area contributed by atoms with E-state index in [1.165, 1.54) is 6.07 Å². The Morgan fingerprint density at radius 1 is 1.47 bits per heavy atom. The van der Waals surface area contributed by atoms with Gasteiger partial charge in [0.05, 0.1) is 10.7 Å². The number of nitrogens with two attached hydrogens (primary N) is 1. The molecule has 7 heteroatoms. The van der Waals surface area contributed by atoms with E-state index in [0.717, 1.165) is 5.69 Å². The van der Waals surface area contributed by atoms with E-state index >= 15 is 0 Å². The molecule has 0 radical (unpaired) electrons. The second kappa shape index (κ2) is 6.10. The summed E-state index contributed by atoms with van der Waals surface area (Å²) in [6.45, 7) is 0. The van der Waals surface area contributed by atoms with E-state index in [2.05, 4.69) is 15.7 Å². The summed E-state index contributed by atoms with van der Waals surface area (Å²) < 4.78 is 15.4. The molecule has 1 atom stereocenters. The lowest BCUT2D eigenvalue weighted by Gasteiger charge is -2.15. The van der Waals surface area contributed by atoms with E-state index in [1.807, 2.05) is 0 Å². The molecule has 0 bridgehead atoms. The van der Waals surface area contributed by atoms with Crippen molar-refractivity contribution < 1.29 is 4.39 Å². The number of hydrogen-bond donors (Lipinski definition) is 2. The van der Waals surface area contributed by atoms with Crippen LogP contribution in [0.25, 0.3) is 0 Å². The maximum atomic E-state index is 13.8. The molecular formula is C12H15ClFN5. The molecule has 1 heterocycles. The van der Waals surface area contributed by atoms with Crippen molar-refractivity contribution in [1.29, 1.82) is 0 Å². The Morgan fingerprint density at radius 3 is 2.89 bits per heavy atom. The number of hydrogen-bond acceptors (Lipinski definition) is 4. The molecule has 0 saturated heterocycles. The van der Waals surface area contributed by atoms with Crippen molar-refractivity contribution in [3.63, 3.8) is 0 Å². The van der Waals surface area contributed by atoms with Gasteiger partial charge in [0, 0.05) is 25.7 Å². The molecule has 1 unspecified atom stereocenters. The summed E-state index contributed by atoms with van der Waals surface area (Å²) in [5.74, 6) is 5.10. The highest BCUT2D eigenvalue weighted by Gasteiger charge is 2.14. The average molecular weight is 284 g/mol. The SMILES string of the molecule is Cn1cc(CC(Cc2cccc(Cl)c2F)NN)nn1. The van der Waals surface area contributed by atoms with Crippen molar-refractivity contribution >= 4 is 11.6 Å². The molecule has 19 heavy (non-hydrogen) atoms. The lowest BCUT2D eigenvalue weighted by molar-refractivity contribution is 0.502. The number of hydrazine groups is 1. The van der Waals surface area contributed by atoms with E-state index in [1.54, 1.807) is 30.1 Å². The maximum absolute atomic E-state index is 13.8. The van der Waals surface area contributed by atoms with Crippen LogP contribution in [0.1, 0.15) is 11.3 Å². The molecule has 102 valence electrons. The first kappa shape index (κ1) is 13.9. The third kappa shape index (κ3) is 3.50. The first-order valence-electron chi connectivity index (χ1n) is 5.84. The Bertz CT molecular complexity index is 557. The molecule has 1 aromatic heterocycles. The molecule has 2 aromatic rings. The van der Waals surface area contributed by atoms with Gasteiger partial charge in [-0.2, -0.15) is 0 Å². The Kier molecular flexibility index (Phi) is 4.47. The number of nitrogens with zero attached hydrogens (tertiary/aromatic N) is 3. The van der Waals surface area contributed by atoms with Gasteiger partial charge in [-0.05, 0) is 18.1 Å². The number of rotatable bonds is 5. The van der Waals surface area contributed by atoms with Crippen LogP contribution in [-0.2, 0) is 19.9 Å². The molecule has 0 aliphatic rings. The van der Waals surface area contributed by atoms with Crippen LogP contribution >= 0.6 is 11.6 Å². The summed E-state index contributed by atoms with van der Waals surface area (Å²) >= 11 is 5.75. The van der Waals surface area contributed by atoms with Crippen molar-refractivity contribution in [2.75, 3.05) is 0 Å². The summed E-state index contributed by atoms with van der Waals surface area (Å²) in [6, 6.07) is 4.80. The Balaban J connectivity index is 2.08. The Morgan fingerprint density at radius 2 is 2.26 bits per heavy atom. The first-order chi connectivity index (χ1) is 9.10. The molecule has 0 fully saturated rings. The second-order valence-electron chi connectivity index (χ2n) is 4.37. The Hall–Kier alpha value is -1.50. The summed E-state index contributed by atoms with van der Waals surface area (Å²) in [6.07, 6.45) is 2.80. The van der Waals surface area contributed by atoms with Gasteiger partial charge in [0.15, 0.2) is 0 Å². The molecule has 5 nitrogen and oxygen atoms in total. The normalized spacial score (nSPS) is 12.6. The van der Waals surface area contributed by atoms with E-state index in [0.29, 0.717) is 18.4 Å². The molecule has 1 aromatic carbocycles. The van der Waals surface area contributed by atoms with E-state index < -0.39 is 5.82 Å². The molecule has 3 N–H and O–H groups in total. The summed E-state index contributed by atoms with van der Waals surface area (Å²) in [5, 5.41) is 7.95. The van der Waals surface area contributed by atoms with Crippen LogP contribution in [0.5, 0.6) is 0 Å². The number of aryl methyl sites for hydroxylation is 1. The zero-order chi connectivity index (χ0) is 13.8. The highest BCUT2D eigenvalue weighted by molar-refractivity contribution is 6.30. The van der Waals surface area contributed by atoms with Crippen molar-refractivity contribution in [3.8, 4) is 0 Å². The molecular weight excluding hydrogens is 269 g/mol. The highest BCUT2D eigenvalue weighted by atomic mass is 35.5. The monoisotopic (exact) mass is 283 g/mol. The quantitative estimate of drug-likeness (QED) is 0.640. The fourth-order valence-electron chi connectivity index (χ4n) is 1.90. The number of aromatic nitrogens is 3. The summed E-state index contributed by atoms with van der Waals surface area (Å²) in [5.41, 5.74) is 3.99. The van der Waals surface area contributed by atoms with Crippen LogP contribution in [0.15, 0.2) is 24.4 Å². The molecule has 0 saturated carbocycles. The minimum absolute atomic E-state index is 0.118. The molecule has 0 aliphatic heterocycles. The van der Waals surface area contributed by atoms with Gasteiger partial charge in [-0.3, -0.25) is 16.0 Å². The van der Waals surface area contributed by atoms with Crippen LogP contribution in [0.3, 0.4) is 0 Å². The molecule has 2 rings (SSSR count). The molecule has 0 amide bonds. The van der Waals surface area contributed by atoms with Gasteiger partial charge in [0.2, 0.25) is 0 Å². The molecule has 0 aliphatic carbocycles. The van der Waals surface area contributed by atoms with Gasteiger partial charge in [-0.25, -0.2) is 4.39 Å². The molecule has 0 spiro atoms. The zero-order valence-electron chi connectivity index (χ0n) is 10.5. The van der Waals surface area contributed by atoms with Crippen molar-refractivity contribution in [3.05, 3.63) is 46.5 Å². The fourth-order valence-corrected chi connectivity index (χ4v) is 2.10. The third-order valence-electron chi connectivity index (χ3n) is 2.84. The van der Waals surface area contributed by atoms with Gasteiger partial charge in [-0.1, -0.05) is 28.9 Å². The average Bonchev–Trinajstić information content (AvgIpc) is 2.79. The lowest BCUT2D eigenvalue weighted by atomic mass is 10.0. The van der Waals surface area contributed by atoms with E-state index in [-0.39, 0.29) is 11.1 Å². The van der Waals surface area contributed by atoms with Gasteiger partial charge in [0.1, 0.15) is 5.82 Å². The number of halogens is 2. The van der Waals surface area contributed by atoms with E-state index in [4.69, 9.17) is 17.4 Å². The highest BCUT2D eigenvalue weighted by Crippen LogP contribution is 2.19. The smallest absolute Gasteiger partial charge is 0.145 e. The largest absolute Gasteiger partial charge is 0.271 e. The number of benzene rings is 1. The van der Waals surface area contributed by atoms with Gasteiger partial charge in [-0.15, -0.1) is 5.10 Å². The lowest BCUT2D eigenvalue weighted by Crippen LogP contribution is -2.38. The standard InChI is InChI=1S/C12H15ClFN5/c1-19-7-10(17-18-19)6-9(16-15)5-8-3-2-4-11(13)12(8)14/h2-4,7,9,16H,5-6,15H2,1H3. The minimum Gasteiger partial charge on any atom is -0.271 e. The van der Waals surface area contributed by atoms with Gasteiger partial charge >= 0.3 is 0 Å². The zero-order valence-corrected chi connectivity index (χ0v) is 11.2. The van der Waals surface area contributed by atoms with Crippen LogP contribution in [-0.4, -0.2) is 21.0 Å². The first-order valence-corrected chi connectivity index (χ1v) is 6.22. The van der Waals surface area contributed by atoms with Crippen LogP contribution < -0.4 is 11.3 Å². The van der Waals surface area contributed by atoms with E-state index in [9.17, 15) is 4.39 Å².